The summed E-state index contributed by atoms with van der Waals surface area (Å²) in [5.74, 6) is -6.33. The van der Waals surface area contributed by atoms with Crippen LogP contribution in [0.3, 0.4) is 0 Å². The first-order valence-corrected chi connectivity index (χ1v) is 8.83. The third-order valence-electron chi connectivity index (χ3n) is 4.64. The van der Waals surface area contributed by atoms with Gasteiger partial charge in [-0.1, -0.05) is 0 Å². The normalized spacial score (nSPS) is 20.9. The highest BCUT2D eigenvalue weighted by Gasteiger charge is 2.47. The number of hydrogen-bond acceptors (Lipinski definition) is 7. The van der Waals surface area contributed by atoms with Crippen LogP contribution in [0.5, 0.6) is 0 Å². The van der Waals surface area contributed by atoms with Crippen LogP contribution in [-0.4, -0.2) is 48.8 Å². The lowest BCUT2D eigenvalue weighted by Gasteiger charge is -2.36. The second-order valence-corrected chi connectivity index (χ2v) is 7.30. The van der Waals surface area contributed by atoms with Crippen LogP contribution in [0, 0.1) is 0 Å². The fourth-order valence-corrected chi connectivity index (χ4v) is 3.12. The summed E-state index contributed by atoms with van der Waals surface area (Å²) in [5.41, 5.74) is -1.61. The maximum absolute atomic E-state index is 13.1. The van der Waals surface area contributed by atoms with E-state index in [4.69, 9.17) is 0 Å². The lowest BCUT2D eigenvalue weighted by atomic mass is 9.88. The minimum absolute atomic E-state index is 0.187. The molecule has 2 saturated carbocycles. The smallest absolute Gasteiger partial charge is 0.351 e. The molecule has 2 N–H and O–H groups in total. The van der Waals surface area contributed by atoms with Crippen LogP contribution in [0.15, 0.2) is 12.4 Å². The Hall–Kier alpha value is -2.80. The summed E-state index contributed by atoms with van der Waals surface area (Å²) in [6, 6.07) is -1.30. The number of aromatic nitrogens is 5. The van der Waals surface area contributed by atoms with Gasteiger partial charge in [-0.3, -0.25) is 4.98 Å². The Bertz CT molecular complexity index is 890. The van der Waals surface area contributed by atoms with Gasteiger partial charge < -0.3 is 10.6 Å². The van der Waals surface area contributed by atoms with E-state index in [-0.39, 0.29) is 23.4 Å². The minimum atomic E-state index is -4.76. The van der Waals surface area contributed by atoms with Crippen LogP contribution in [-0.2, 0) is 6.18 Å². The Labute approximate surface area is 164 Å². The highest BCUT2D eigenvalue weighted by molar-refractivity contribution is 5.53. The third kappa shape index (κ3) is 4.51. The molecule has 30 heavy (non-hydrogen) atoms. The zero-order chi connectivity index (χ0) is 21.7. The molecule has 2 aromatic rings. The molecule has 2 aliphatic carbocycles. The number of hydrogen-bond donors (Lipinski definition) is 2. The first-order valence-electron chi connectivity index (χ1n) is 8.83. The van der Waals surface area contributed by atoms with Crippen molar-refractivity contribution >= 4 is 11.9 Å². The van der Waals surface area contributed by atoms with E-state index >= 15 is 0 Å². The van der Waals surface area contributed by atoms with Gasteiger partial charge in [0.05, 0.1) is 12.4 Å². The van der Waals surface area contributed by atoms with Gasteiger partial charge >= 0.3 is 6.18 Å². The number of alkyl halides is 7. The minimum Gasteiger partial charge on any atom is -0.351 e. The Morgan fingerprint density at radius 3 is 1.70 bits per heavy atom. The number of rotatable bonds is 5. The van der Waals surface area contributed by atoms with E-state index in [0.29, 0.717) is 6.20 Å². The van der Waals surface area contributed by atoms with Gasteiger partial charge in [0.25, 0.3) is 11.8 Å². The quantitative estimate of drug-likeness (QED) is 0.689. The molecular formula is C16H14F7N7. The van der Waals surface area contributed by atoms with Crippen LogP contribution in [0.4, 0.5) is 42.6 Å². The Morgan fingerprint density at radius 1 is 0.767 bits per heavy atom. The molecule has 0 bridgehead atoms. The molecule has 0 radical (unpaired) electrons. The first-order chi connectivity index (χ1) is 13.9. The van der Waals surface area contributed by atoms with Gasteiger partial charge in [-0.05, 0) is 0 Å². The molecule has 2 aromatic heterocycles. The molecule has 2 heterocycles. The predicted molar refractivity (Wildman–Crippen MR) is 89.0 cm³/mol. The number of anilines is 2. The summed E-state index contributed by atoms with van der Waals surface area (Å²) < 4.78 is 91.0. The molecule has 162 valence electrons. The van der Waals surface area contributed by atoms with E-state index in [0.717, 1.165) is 6.20 Å². The monoisotopic (exact) mass is 437 g/mol. The van der Waals surface area contributed by atoms with Crippen LogP contribution >= 0.6 is 0 Å². The van der Waals surface area contributed by atoms with Gasteiger partial charge in [0.2, 0.25) is 11.9 Å². The number of nitrogens with one attached hydrogen (secondary N) is 2. The molecule has 0 amide bonds. The second kappa shape index (κ2) is 6.87. The van der Waals surface area contributed by atoms with Crippen molar-refractivity contribution in [2.75, 3.05) is 10.6 Å². The van der Waals surface area contributed by atoms with E-state index < -0.39 is 61.5 Å². The highest BCUT2D eigenvalue weighted by atomic mass is 19.4. The third-order valence-corrected chi connectivity index (χ3v) is 4.64. The van der Waals surface area contributed by atoms with Crippen LogP contribution < -0.4 is 10.6 Å². The lowest BCUT2D eigenvalue weighted by molar-refractivity contribution is -0.141. The standard InChI is InChI=1S/C16H14F7N7/c17-14(18)1-7(2-14)25-12-28-11(9-5-24-6-10(27-9)16(21,22)23)29-13(30-12)26-8-3-15(19,20)4-8/h5-8H,1-4H2,(H2,25,26,28,29,30). The molecule has 0 aromatic carbocycles. The van der Waals surface area contributed by atoms with Crippen LogP contribution in [0.1, 0.15) is 31.4 Å². The van der Waals surface area contributed by atoms with E-state index in [1.54, 1.807) is 0 Å². The van der Waals surface area contributed by atoms with Gasteiger partial charge in [-0.25, -0.2) is 22.5 Å². The van der Waals surface area contributed by atoms with Crippen molar-refractivity contribution in [1.82, 2.24) is 24.9 Å². The Balaban J connectivity index is 1.61. The van der Waals surface area contributed by atoms with Crippen molar-refractivity contribution in [3.63, 3.8) is 0 Å². The first kappa shape index (κ1) is 20.5. The second-order valence-electron chi connectivity index (χ2n) is 7.30. The van der Waals surface area contributed by atoms with Gasteiger partial charge in [0.15, 0.2) is 11.5 Å². The summed E-state index contributed by atoms with van der Waals surface area (Å²) in [7, 11) is 0. The van der Waals surface area contributed by atoms with E-state index in [1.807, 2.05) is 0 Å². The van der Waals surface area contributed by atoms with Crippen molar-refractivity contribution in [2.24, 2.45) is 0 Å². The number of nitrogens with zero attached hydrogens (tertiary/aromatic N) is 5. The summed E-state index contributed by atoms with van der Waals surface area (Å²) in [5, 5.41) is 5.31. The molecule has 2 aliphatic rings. The van der Waals surface area contributed by atoms with Crippen molar-refractivity contribution in [1.29, 1.82) is 0 Å². The molecule has 7 nitrogen and oxygen atoms in total. The SMILES string of the molecule is FC1(F)CC(Nc2nc(NC3CC(F)(F)C3)nc(-c3cncc(C(F)(F)F)n3)n2)C1. The predicted octanol–water partition coefficient (Wildman–Crippen LogP) is 3.77. The average Bonchev–Trinajstić information content (AvgIpc) is 2.58. The molecular weight excluding hydrogens is 423 g/mol. The molecule has 0 aliphatic heterocycles. The maximum atomic E-state index is 13.1. The average molecular weight is 437 g/mol. The van der Waals surface area contributed by atoms with Crippen LogP contribution in [0.25, 0.3) is 11.5 Å². The topological polar surface area (TPSA) is 88.5 Å². The summed E-state index contributed by atoms with van der Waals surface area (Å²) >= 11 is 0. The molecule has 2 fully saturated rings. The van der Waals surface area contributed by atoms with E-state index in [2.05, 4.69) is 35.6 Å². The van der Waals surface area contributed by atoms with Crippen molar-refractivity contribution < 1.29 is 30.7 Å². The molecule has 0 unspecified atom stereocenters. The van der Waals surface area contributed by atoms with Gasteiger partial charge in [-0.15, -0.1) is 0 Å². The molecule has 14 heteroatoms. The Kier molecular flexibility index (Phi) is 4.69. The summed E-state index contributed by atoms with van der Waals surface area (Å²) in [4.78, 5) is 18.8. The fraction of sp³-hybridized carbons (Fsp3) is 0.562. The van der Waals surface area contributed by atoms with Gasteiger partial charge in [0, 0.05) is 37.8 Å². The zero-order valence-corrected chi connectivity index (χ0v) is 15.0. The van der Waals surface area contributed by atoms with Crippen molar-refractivity contribution in [2.45, 2.75) is 55.8 Å². The lowest BCUT2D eigenvalue weighted by Crippen LogP contribution is -2.45. The van der Waals surface area contributed by atoms with Gasteiger partial charge in [0.1, 0.15) is 5.69 Å². The van der Waals surface area contributed by atoms with Gasteiger partial charge in [-0.2, -0.15) is 28.1 Å². The van der Waals surface area contributed by atoms with Crippen molar-refractivity contribution in [3.8, 4) is 11.5 Å². The van der Waals surface area contributed by atoms with E-state index in [9.17, 15) is 30.7 Å². The summed E-state index contributed by atoms with van der Waals surface area (Å²) in [6.45, 7) is 0. The summed E-state index contributed by atoms with van der Waals surface area (Å²) in [6.07, 6.45) is -5.09. The molecule has 0 atom stereocenters. The van der Waals surface area contributed by atoms with Crippen molar-refractivity contribution in [3.05, 3.63) is 18.1 Å². The largest absolute Gasteiger partial charge is 0.434 e. The molecule has 4 rings (SSSR count). The fourth-order valence-electron chi connectivity index (χ4n) is 3.12. The maximum Gasteiger partial charge on any atom is 0.434 e. The number of halogens is 7. The Morgan fingerprint density at radius 2 is 1.27 bits per heavy atom. The molecule has 0 saturated heterocycles. The highest BCUT2D eigenvalue weighted by Crippen LogP contribution is 2.40. The van der Waals surface area contributed by atoms with Crippen LogP contribution in [0.2, 0.25) is 0 Å². The van der Waals surface area contributed by atoms with E-state index in [1.165, 1.54) is 0 Å². The molecule has 0 spiro atoms. The zero-order valence-electron chi connectivity index (χ0n) is 15.0.